The van der Waals surface area contributed by atoms with Gasteiger partial charge in [0, 0.05) is 23.7 Å². The highest BCUT2D eigenvalue weighted by Crippen LogP contribution is 2.38. The second kappa shape index (κ2) is 4.04. The van der Waals surface area contributed by atoms with Gasteiger partial charge in [0.2, 0.25) is 0 Å². The number of rotatable bonds is 2. The van der Waals surface area contributed by atoms with E-state index in [2.05, 4.69) is 10.6 Å². The Kier molecular flexibility index (Phi) is 2.64. The van der Waals surface area contributed by atoms with Crippen molar-refractivity contribution in [1.82, 2.24) is 4.57 Å². The Morgan fingerprint density at radius 3 is 3.06 bits per heavy atom. The van der Waals surface area contributed by atoms with Crippen molar-refractivity contribution in [2.75, 3.05) is 0 Å². The van der Waals surface area contributed by atoms with E-state index in [1.54, 1.807) is 0 Å². The standard InChI is InChI=1S/C14H16ClN2/c1-2-10(16)14-12-7-4-8-17(12)11-6-3-5-9(15)13(11)14/h2-3,5-6,10H,4,7-8,16H2,1H3/t10-/m0/s1. The SMILES string of the molecule is C[CH][C@H](N)c1c2n(c3cccc(Cl)c13)CCC2. The lowest BCUT2D eigenvalue weighted by Crippen LogP contribution is -2.11. The Morgan fingerprint density at radius 2 is 2.29 bits per heavy atom. The van der Waals surface area contributed by atoms with Crippen LogP contribution in [0.1, 0.15) is 30.6 Å². The van der Waals surface area contributed by atoms with Crippen LogP contribution in [0, 0.1) is 6.42 Å². The number of aryl methyl sites for hydroxylation is 1. The first kappa shape index (κ1) is 11.1. The van der Waals surface area contributed by atoms with Crippen LogP contribution in [0.4, 0.5) is 0 Å². The van der Waals surface area contributed by atoms with Gasteiger partial charge in [0.1, 0.15) is 0 Å². The van der Waals surface area contributed by atoms with Crippen molar-refractivity contribution in [2.45, 2.75) is 32.4 Å². The molecule has 0 aliphatic carbocycles. The van der Waals surface area contributed by atoms with Gasteiger partial charge in [-0.25, -0.2) is 0 Å². The van der Waals surface area contributed by atoms with Gasteiger partial charge in [-0.05, 0) is 37.0 Å². The first-order valence-corrected chi connectivity index (χ1v) is 6.46. The predicted octanol–water partition coefficient (Wildman–Crippen LogP) is 3.46. The van der Waals surface area contributed by atoms with Gasteiger partial charge in [-0.3, -0.25) is 0 Å². The first-order chi connectivity index (χ1) is 8.24. The minimum Gasteiger partial charge on any atom is -0.344 e. The van der Waals surface area contributed by atoms with Gasteiger partial charge in [-0.1, -0.05) is 24.6 Å². The van der Waals surface area contributed by atoms with Gasteiger partial charge in [0.05, 0.1) is 10.5 Å². The molecule has 0 unspecified atom stereocenters. The molecular weight excluding hydrogens is 232 g/mol. The molecule has 1 aliphatic heterocycles. The average Bonchev–Trinajstić information content (AvgIpc) is 2.89. The monoisotopic (exact) mass is 247 g/mol. The molecule has 3 heteroatoms. The molecule has 0 fully saturated rings. The minimum atomic E-state index is -0.0215. The van der Waals surface area contributed by atoms with Gasteiger partial charge < -0.3 is 10.3 Å². The van der Waals surface area contributed by atoms with E-state index in [1.165, 1.54) is 23.2 Å². The Bertz CT molecular complexity index is 571. The van der Waals surface area contributed by atoms with Crippen molar-refractivity contribution in [3.05, 3.63) is 40.9 Å². The van der Waals surface area contributed by atoms with Gasteiger partial charge in [-0.15, -0.1) is 0 Å². The highest BCUT2D eigenvalue weighted by Gasteiger charge is 2.25. The molecule has 89 valence electrons. The first-order valence-electron chi connectivity index (χ1n) is 6.08. The van der Waals surface area contributed by atoms with Crippen LogP contribution < -0.4 is 5.73 Å². The Labute approximate surface area is 106 Å². The topological polar surface area (TPSA) is 30.9 Å². The van der Waals surface area contributed by atoms with E-state index in [0.717, 1.165) is 23.4 Å². The Morgan fingerprint density at radius 1 is 1.47 bits per heavy atom. The maximum atomic E-state index is 6.35. The summed E-state index contributed by atoms with van der Waals surface area (Å²) in [7, 11) is 0. The summed E-state index contributed by atoms with van der Waals surface area (Å²) < 4.78 is 2.37. The highest BCUT2D eigenvalue weighted by atomic mass is 35.5. The van der Waals surface area contributed by atoms with Crippen LogP contribution in [-0.4, -0.2) is 4.57 Å². The van der Waals surface area contributed by atoms with E-state index in [0.29, 0.717) is 0 Å². The van der Waals surface area contributed by atoms with E-state index in [4.69, 9.17) is 17.3 Å². The fraction of sp³-hybridized carbons (Fsp3) is 0.357. The summed E-state index contributed by atoms with van der Waals surface area (Å²) in [6.07, 6.45) is 4.36. The zero-order chi connectivity index (χ0) is 12.0. The van der Waals surface area contributed by atoms with Gasteiger partial charge in [-0.2, -0.15) is 0 Å². The second-order valence-electron chi connectivity index (χ2n) is 4.61. The van der Waals surface area contributed by atoms with E-state index < -0.39 is 0 Å². The van der Waals surface area contributed by atoms with Crippen molar-refractivity contribution >= 4 is 22.5 Å². The van der Waals surface area contributed by atoms with Crippen LogP contribution in [0.5, 0.6) is 0 Å². The normalized spacial score (nSPS) is 16.4. The number of halogens is 1. The summed E-state index contributed by atoms with van der Waals surface area (Å²) in [6.45, 7) is 3.09. The lowest BCUT2D eigenvalue weighted by Gasteiger charge is -2.10. The maximum Gasteiger partial charge on any atom is 0.0503 e. The molecule has 0 spiro atoms. The zero-order valence-electron chi connectivity index (χ0n) is 9.91. The molecule has 0 saturated heterocycles. The number of nitrogens with two attached hydrogens (primary N) is 1. The molecule has 2 heterocycles. The molecule has 2 nitrogen and oxygen atoms in total. The third-order valence-electron chi connectivity index (χ3n) is 3.68. The molecule has 1 radical (unpaired) electrons. The largest absolute Gasteiger partial charge is 0.344 e. The fourth-order valence-electron chi connectivity index (χ4n) is 2.89. The van der Waals surface area contributed by atoms with E-state index in [9.17, 15) is 0 Å². The van der Waals surface area contributed by atoms with Crippen LogP contribution in [0.3, 0.4) is 0 Å². The quantitative estimate of drug-likeness (QED) is 0.866. The molecule has 1 aromatic carbocycles. The molecule has 0 bridgehead atoms. The third-order valence-corrected chi connectivity index (χ3v) is 3.99. The molecule has 0 saturated carbocycles. The molecule has 1 aliphatic rings. The highest BCUT2D eigenvalue weighted by molar-refractivity contribution is 6.35. The second-order valence-corrected chi connectivity index (χ2v) is 5.02. The van der Waals surface area contributed by atoms with Crippen molar-refractivity contribution in [3.8, 4) is 0 Å². The van der Waals surface area contributed by atoms with Crippen molar-refractivity contribution in [1.29, 1.82) is 0 Å². The van der Waals surface area contributed by atoms with E-state index in [1.807, 2.05) is 25.5 Å². The summed E-state index contributed by atoms with van der Waals surface area (Å²) in [6, 6.07) is 6.08. The molecule has 0 amide bonds. The van der Waals surface area contributed by atoms with E-state index in [-0.39, 0.29) is 6.04 Å². The van der Waals surface area contributed by atoms with Crippen molar-refractivity contribution < 1.29 is 0 Å². The van der Waals surface area contributed by atoms with Crippen LogP contribution >= 0.6 is 11.6 Å². The summed E-state index contributed by atoms with van der Waals surface area (Å²) in [5.41, 5.74) is 10.1. The molecule has 2 aromatic rings. The summed E-state index contributed by atoms with van der Waals surface area (Å²) in [5.74, 6) is 0. The molecule has 1 aromatic heterocycles. The Balaban J connectivity index is 2.38. The molecule has 17 heavy (non-hydrogen) atoms. The van der Waals surface area contributed by atoms with Gasteiger partial charge >= 0.3 is 0 Å². The fourth-order valence-corrected chi connectivity index (χ4v) is 3.17. The summed E-state index contributed by atoms with van der Waals surface area (Å²) in [4.78, 5) is 0. The number of hydrogen-bond donors (Lipinski definition) is 1. The molecule has 2 N–H and O–H groups in total. The molecule has 1 atom stereocenters. The summed E-state index contributed by atoms with van der Waals surface area (Å²) >= 11 is 6.35. The number of benzene rings is 1. The predicted molar refractivity (Wildman–Crippen MR) is 72.2 cm³/mol. The van der Waals surface area contributed by atoms with Gasteiger partial charge in [0.15, 0.2) is 0 Å². The minimum absolute atomic E-state index is 0.0215. The maximum absolute atomic E-state index is 6.35. The average molecular weight is 248 g/mol. The number of hydrogen-bond acceptors (Lipinski definition) is 1. The van der Waals surface area contributed by atoms with E-state index >= 15 is 0 Å². The van der Waals surface area contributed by atoms with Gasteiger partial charge in [0.25, 0.3) is 0 Å². The smallest absolute Gasteiger partial charge is 0.0503 e. The Hall–Kier alpha value is -0.990. The molecular formula is C14H16ClN2. The van der Waals surface area contributed by atoms with Crippen LogP contribution in [0.25, 0.3) is 10.9 Å². The lowest BCUT2D eigenvalue weighted by molar-refractivity contribution is 0.770. The lowest BCUT2D eigenvalue weighted by atomic mass is 10.00. The van der Waals surface area contributed by atoms with Crippen LogP contribution in [0.15, 0.2) is 18.2 Å². The molecule has 3 rings (SSSR count). The third kappa shape index (κ3) is 1.51. The summed E-state index contributed by atoms with van der Waals surface area (Å²) in [5, 5.41) is 1.96. The number of nitrogens with zero attached hydrogens (tertiary/aromatic N) is 1. The number of fused-ring (bicyclic) bond motifs is 3. The zero-order valence-corrected chi connectivity index (χ0v) is 10.7. The van der Waals surface area contributed by atoms with Crippen LogP contribution in [0.2, 0.25) is 5.02 Å². The number of aromatic nitrogens is 1. The van der Waals surface area contributed by atoms with Crippen molar-refractivity contribution in [2.24, 2.45) is 5.73 Å². The van der Waals surface area contributed by atoms with Crippen molar-refractivity contribution in [3.63, 3.8) is 0 Å². The van der Waals surface area contributed by atoms with Crippen LogP contribution in [-0.2, 0) is 13.0 Å².